The molecule has 0 spiro atoms. The number of hydrogen-bond donors (Lipinski definition) is 3. The van der Waals surface area contributed by atoms with Crippen LogP contribution in [0.25, 0.3) is 0 Å². The SMILES string of the molecule is CC[C@H](NC(=O)[C@@H]1CNC[C@H]1C)C(=O)O. The Hall–Kier alpha value is -1.10. The van der Waals surface area contributed by atoms with Gasteiger partial charge in [-0.15, -0.1) is 0 Å². The maximum absolute atomic E-state index is 11.7. The van der Waals surface area contributed by atoms with Crippen molar-refractivity contribution < 1.29 is 14.7 Å². The fourth-order valence-electron chi connectivity index (χ4n) is 1.78. The maximum Gasteiger partial charge on any atom is 0.326 e. The number of hydrogen-bond acceptors (Lipinski definition) is 3. The number of amides is 1. The van der Waals surface area contributed by atoms with E-state index in [0.717, 1.165) is 6.54 Å². The summed E-state index contributed by atoms with van der Waals surface area (Å²) in [6.07, 6.45) is 0.412. The van der Waals surface area contributed by atoms with E-state index in [1.54, 1.807) is 6.92 Å². The second-order valence-corrected chi connectivity index (χ2v) is 4.05. The lowest BCUT2D eigenvalue weighted by molar-refractivity contribution is -0.142. The fourth-order valence-corrected chi connectivity index (χ4v) is 1.78. The Bertz CT molecular complexity index is 255. The second kappa shape index (κ2) is 5.11. The number of carbonyl (C=O) groups is 2. The van der Waals surface area contributed by atoms with E-state index in [2.05, 4.69) is 10.6 Å². The Balaban J connectivity index is 2.50. The first-order valence-corrected chi connectivity index (χ1v) is 5.30. The first-order chi connectivity index (χ1) is 7.06. The predicted octanol–water partition coefficient (Wildman–Crippen LogP) is -0.179. The van der Waals surface area contributed by atoms with E-state index >= 15 is 0 Å². The summed E-state index contributed by atoms with van der Waals surface area (Å²) >= 11 is 0. The summed E-state index contributed by atoms with van der Waals surface area (Å²) in [7, 11) is 0. The fraction of sp³-hybridized carbons (Fsp3) is 0.800. The van der Waals surface area contributed by atoms with Crippen molar-refractivity contribution in [2.75, 3.05) is 13.1 Å². The van der Waals surface area contributed by atoms with Crippen LogP contribution in [-0.4, -0.2) is 36.1 Å². The van der Waals surface area contributed by atoms with E-state index < -0.39 is 12.0 Å². The summed E-state index contributed by atoms with van der Waals surface area (Å²) in [5, 5.41) is 14.5. The lowest BCUT2D eigenvalue weighted by Crippen LogP contribution is -2.44. The van der Waals surface area contributed by atoms with Crippen LogP contribution in [-0.2, 0) is 9.59 Å². The molecule has 0 saturated carbocycles. The van der Waals surface area contributed by atoms with Crippen LogP contribution in [0.2, 0.25) is 0 Å². The smallest absolute Gasteiger partial charge is 0.326 e. The van der Waals surface area contributed by atoms with Gasteiger partial charge in [0, 0.05) is 6.54 Å². The summed E-state index contributed by atoms with van der Waals surface area (Å²) in [5.41, 5.74) is 0. The van der Waals surface area contributed by atoms with Crippen LogP contribution in [0.1, 0.15) is 20.3 Å². The molecule has 1 heterocycles. The summed E-state index contributed by atoms with van der Waals surface area (Å²) in [4.78, 5) is 22.4. The molecule has 0 aromatic carbocycles. The molecule has 3 atom stereocenters. The molecule has 15 heavy (non-hydrogen) atoms. The van der Waals surface area contributed by atoms with E-state index in [4.69, 9.17) is 5.11 Å². The van der Waals surface area contributed by atoms with Gasteiger partial charge in [-0.1, -0.05) is 13.8 Å². The minimum atomic E-state index is -0.968. The van der Waals surface area contributed by atoms with Crippen molar-refractivity contribution >= 4 is 11.9 Å². The number of carbonyl (C=O) groups excluding carboxylic acids is 1. The molecule has 3 N–H and O–H groups in total. The number of nitrogens with one attached hydrogen (secondary N) is 2. The van der Waals surface area contributed by atoms with Gasteiger partial charge in [0.1, 0.15) is 6.04 Å². The Kier molecular flexibility index (Phi) is 4.08. The van der Waals surface area contributed by atoms with Gasteiger partial charge in [-0.3, -0.25) is 4.79 Å². The van der Waals surface area contributed by atoms with Crippen LogP contribution in [0.3, 0.4) is 0 Å². The van der Waals surface area contributed by atoms with Crippen molar-refractivity contribution in [2.45, 2.75) is 26.3 Å². The van der Waals surface area contributed by atoms with Crippen LogP contribution in [0.15, 0.2) is 0 Å². The summed E-state index contributed by atoms with van der Waals surface area (Å²) in [6.45, 7) is 5.20. The lowest BCUT2D eigenvalue weighted by atomic mass is 9.97. The zero-order valence-electron chi connectivity index (χ0n) is 9.12. The Morgan fingerprint density at radius 2 is 2.20 bits per heavy atom. The van der Waals surface area contributed by atoms with Crippen LogP contribution < -0.4 is 10.6 Å². The summed E-state index contributed by atoms with van der Waals surface area (Å²) in [5.74, 6) is -0.944. The standard InChI is InChI=1S/C10H18N2O3/c1-3-8(10(14)15)12-9(13)7-5-11-4-6(7)2/h6-8,11H,3-5H2,1-2H3,(H,12,13)(H,14,15)/t6-,7-,8+/m1/s1. The average Bonchev–Trinajstić information content (AvgIpc) is 2.60. The molecule has 0 aromatic heterocycles. The molecule has 1 amide bonds. The van der Waals surface area contributed by atoms with Gasteiger partial charge in [-0.2, -0.15) is 0 Å². The highest BCUT2D eigenvalue weighted by Gasteiger charge is 2.31. The Morgan fingerprint density at radius 3 is 2.60 bits per heavy atom. The molecule has 1 fully saturated rings. The van der Waals surface area contributed by atoms with Gasteiger partial charge in [0.15, 0.2) is 0 Å². The quantitative estimate of drug-likeness (QED) is 0.606. The van der Waals surface area contributed by atoms with Crippen molar-refractivity contribution in [2.24, 2.45) is 11.8 Å². The molecule has 0 aliphatic carbocycles. The highest BCUT2D eigenvalue weighted by atomic mass is 16.4. The van der Waals surface area contributed by atoms with Gasteiger partial charge >= 0.3 is 5.97 Å². The third kappa shape index (κ3) is 2.92. The maximum atomic E-state index is 11.7. The normalized spacial score (nSPS) is 27.3. The predicted molar refractivity (Wildman–Crippen MR) is 55.4 cm³/mol. The molecular formula is C10H18N2O3. The van der Waals surface area contributed by atoms with Crippen molar-refractivity contribution in [3.05, 3.63) is 0 Å². The van der Waals surface area contributed by atoms with E-state index in [-0.39, 0.29) is 17.7 Å². The van der Waals surface area contributed by atoms with Gasteiger partial charge in [-0.25, -0.2) is 4.79 Å². The minimum Gasteiger partial charge on any atom is -0.480 e. The molecule has 1 aliphatic rings. The van der Waals surface area contributed by atoms with Crippen molar-refractivity contribution in [1.29, 1.82) is 0 Å². The van der Waals surface area contributed by atoms with Crippen molar-refractivity contribution in [1.82, 2.24) is 10.6 Å². The second-order valence-electron chi connectivity index (χ2n) is 4.05. The molecule has 0 unspecified atom stereocenters. The molecule has 0 bridgehead atoms. The van der Waals surface area contributed by atoms with Crippen LogP contribution in [0.4, 0.5) is 0 Å². The van der Waals surface area contributed by atoms with Crippen LogP contribution in [0, 0.1) is 11.8 Å². The lowest BCUT2D eigenvalue weighted by Gasteiger charge is -2.17. The number of rotatable bonds is 4. The van der Waals surface area contributed by atoms with E-state index in [1.165, 1.54) is 0 Å². The molecule has 0 aromatic rings. The van der Waals surface area contributed by atoms with Crippen LogP contribution in [0.5, 0.6) is 0 Å². The Morgan fingerprint density at radius 1 is 1.53 bits per heavy atom. The number of aliphatic carboxylic acids is 1. The molecule has 5 nitrogen and oxygen atoms in total. The highest BCUT2D eigenvalue weighted by molar-refractivity contribution is 5.85. The largest absolute Gasteiger partial charge is 0.480 e. The van der Waals surface area contributed by atoms with Crippen molar-refractivity contribution in [3.8, 4) is 0 Å². The third-order valence-corrected chi connectivity index (χ3v) is 2.88. The summed E-state index contributed by atoms with van der Waals surface area (Å²) < 4.78 is 0. The van der Waals surface area contributed by atoms with Gasteiger partial charge < -0.3 is 15.7 Å². The monoisotopic (exact) mass is 214 g/mol. The Labute approximate surface area is 89.2 Å². The van der Waals surface area contributed by atoms with E-state index in [9.17, 15) is 9.59 Å². The van der Waals surface area contributed by atoms with Gasteiger partial charge in [0.25, 0.3) is 0 Å². The molecular weight excluding hydrogens is 196 g/mol. The first-order valence-electron chi connectivity index (χ1n) is 5.30. The number of carboxylic acid groups (broad SMARTS) is 1. The molecule has 5 heteroatoms. The topological polar surface area (TPSA) is 78.4 Å². The first kappa shape index (κ1) is 12.0. The summed E-state index contributed by atoms with van der Waals surface area (Å²) in [6, 6.07) is -0.759. The third-order valence-electron chi connectivity index (χ3n) is 2.88. The van der Waals surface area contributed by atoms with Gasteiger partial charge in [0.2, 0.25) is 5.91 Å². The van der Waals surface area contributed by atoms with Crippen LogP contribution >= 0.6 is 0 Å². The zero-order chi connectivity index (χ0) is 11.4. The van der Waals surface area contributed by atoms with E-state index in [0.29, 0.717) is 13.0 Å². The molecule has 1 rings (SSSR count). The van der Waals surface area contributed by atoms with Gasteiger partial charge in [-0.05, 0) is 18.9 Å². The van der Waals surface area contributed by atoms with Crippen molar-refractivity contribution in [3.63, 3.8) is 0 Å². The number of carboxylic acids is 1. The highest BCUT2D eigenvalue weighted by Crippen LogP contribution is 2.16. The molecule has 86 valence electrons. The zero-order valence-corrected chi connectivity index (χ0v) is 9.12. The van der Waals surface area contributed by atoms with E-state index in [1.807, 2.05) is 6.92 Å². The molecule has 1 aliphatic heterocycles. The minimum absolute atomic E-state index is 0.0987. The molecule has 1 saturated heterocycles. The molecule has 0 radical (unpaired) electrons. The average molecular weight is 214 g/mol. The van der Waals surface area contributed by atoms with Gasteiger partial charge in [0.05, 0.1) is 5.92 Å².